The van der Waals surface area contributed by atoms with Crippen molar-refractivity contribution in [3.63, 3.8) is 0 Å². The van der Waals surface area contributed by atoms with Crippen molar-refractivity contribution in [2.24, 2.45) is 0 Å². The number of amides is 2. The first-order valence-electron chi connectivity index (χ1n) is 9.23. The zero-order valence-electron chi connectivity index (χ0n) is 16.5. The maximum Gasteiger partial charge on any atom is 0.308 e. The molecule has 0 aromatic heterocycles. The largest absolute Gasteiger partial charge is 0.452 e. The molecule has 1 aliphatic heterocycles. The summed E-state index contributed by atoms with van der Waals surface area (Å²) in [5.41, 5.74) is 0.873. The summed E-state index contributed by atoms with van der Waals surface area (Å²) in [7, 11) is 0. The third-order valence-electron chi connectivity index (χ3n) is 4.67. The van der Waals surface area contributed by atoms with E-state index in [1.54, 1.807) is 24.3 Å². The average Bonchev–Trinajstić information content (AvgIpc) is 2.98. The molecular formula is C21H18FN3O6. The molecule has 31 heavy (non-hydrogen) atoms. The van der Waals surface area contributed by atoms with Crippen LogP contribution >= 0.6 is 0 Å². The lowest BCUT2D eigenvalue weighted by Crippen LogP contribution is -2.32. The number of rotatable bonds is 7. The van der Waals surface area contributed by atoms with Crippen LogP contribution in [0, 0.1) is 15.9 Å². The highest BCUT2D eigenvalue weighted by Gasteiger charge is 2.31. The number of hydrogen-bond donors (Lipinski definition) is 1. The Morgan fingerprint density at radius 1 is 1.26 bits per heavy atom. The molecule has 2 aromatic rings. The third kappa shape index (κ3) is 4.58. The molecule has 0 radical (unpaired) electrons. The standard InChI is InChI=1S/C21H18FN3O6/c1-12-15-5-3-4-6-16(15)21(28)24(12)10-9-19(26)31-13(2)20(27)23-14-7-8-17(22)18(11-14)25(29)30/h3-8,11,13H,1,9-10H2,2H3,(H,23,27). The third-order valence-corrected chi connectivity index (χ3v) is 4.67. The molecule has 2 amide bonds. The molecule has 0 fully saturated rings. The summed E-state index contributed by atoms with van der Waals surface area (Å²) < 4.78 is 18.5. The van der Waals surface area contributed by atoms with Crippen molar-refractivity contribution in [1.29, 1.82) is 0 Å². The van der Waals surface area contributed by atoms with Crippen molar-refractivity contribution in [2.75, 3.05) is 11.9 Å². The van der Waals surface area contributed by atoms with Crippen molar-refractivity contribution in [2.45, 2.75) is 19.4 Å². The summed E-state index contributed by atoms with van der Waals surface area (Å²) >= 11 is 0. The van der Waals surface area contributed by atoms with Gasteiger partial charge in [-0.05, 0) is 25.1 Å². The first-order chi connectivity index (χ1) is 14.7. The van der Waals surface area contributed by atoms with Gasteiger partial charge >= 0.3 is 11.7 Å². The fourth-order valence-electron chi connectivity index (χ4n) is 3.06. The molecule has 1 aliphatic rings. The number of nitrogens with one attached hydrogen (secondary N) is 1. The van der Waals surface area contributed by atoms with Gasteiger partial charge in [0.1, 0.15) is 0 Å². The topological polar surface area (TPSA) is 119 Å². The predicted octanol–water partition coefficient (Wildman–Crippen LogP) is 3.12. The average molecular weight is 427 g/mol. The Hall–Kier alpha value is -4.08. The van der Waals surface area contributed by atoms with Crippen molar-refractivity contribution < 1.29 is 28.4 Å². The number of nitro benzene ring substituents is 1. The van der Waals surface area contributed by atoms with Gasteiger partial charge in [-0.1, -0.05) is 24.8 Å². The Balaban J connectivity index is 1.53. The lowest BCUT2D eigenvalue weighted by atomic mass is 10.1. The first-order valence-corrected chi connectivity index (χ1v) is 9.23. The zero-order chi connectivity index (χ0) is 22.7. The highest BCUT2D eigenvalue weighted by atomic mass is 19.1. The van der Waals surface area contributed by atoms with Crippen LogP contribution in [0.1, 0.15) is 29.3 Å². The fourth-order valence-corrected chi connectivity index (χ4v) is 3.06. The van der Waals surface area contributed by atoms with E-state index in [4.69, 9.17) is 4.74 Å². The summed E-state index contributed by atoms with van der Waals surface area (Å²) in [6.45, 7) is 5.23. The number of nitro groups is 1. The Kier molecular flexibility index (Phi) is 6.10. The van der Waals surface area contributed by atoms with E-state index in [1.807, 2.05) is 0 Å². The second kappa shape index (κ2) is 8.74. The van der Waals surface area contributed by atoms with E-state index in [2.05, 4.69) is 11.9 Å². The van der Waals surface area contributed by atoms with Gasteiger partial charge < -0.3 is 15.0 Å². The molecule has 10 heteroatoms. The number of nitrogens with zero attached hydrogens (tertiary/aromatic N) is 2. The van der Waals surface area contributed by atoms with Gasteiger partial charge in [-0.25, -0.2) is 0 Å². The zero-order valence-corrected chi connectivity index (χ0v) is 16.5. The van der Waals surface area contributed by atoms with Crippen LogP contribution in [-0.4, -0.2) is 40.3 Å². The Morgan fingerprint density at radius 3 is 2.58 bits per heavy atom. The summed E-state index contributed by atoms with van der Waals surface area (Å²) in [6, 6.07) is 9.82. The van der Waals surface area contributed by atoms with Gasteiger partial charge in [-0.2, -0.15) is 4.39 Å². The number of hydrogen-bond acceptors (Lipinski definition) is 6. The smallest absolute Gasteiger partial charge is 0.308 e. The Morgan fingerprint density at radius 2 is 1.94 bits per heavy atom. The van der Waals surface area contributed by atoms with Gasteiger partial charge in [-0.3, -0.25) is 24.5 Å². The number of esters is 1. The molecule has 1 heterocycles. The van der Waals surface area contributed by atoms with Crippen LogP contribution in [0.5, 0.6) is 0 Å². The second-order valence-electron chi connectivity index (χ2n) is 6.74. The molecular weight excluding hydrogens is 409 g/mol. The normalized spacial score (nSPS) is 13.5. The van der Waals surface area contributed by atoms with Gasteiger partial charge in [0, 0.05) is 35.1 Å². The molecule has 3 rings (SSSR count). The summed E-state index contributed by atoms with van der Waals surface area (Å²) in [5, 5.41) is 13.1. The van der Waals surface area contributed by atoms with E-state index in [0.29, 0.717) is 16.8 Å². The predicted molar refractivity (Wildman–Crippen MR) is 108 cm³/mol. The number of fused-ring (bicyclic) bond motifs is 1. The van der Waals surface area contributed by atoms with Crippen molar-refractivity contribution in [3.05, 3.63) is 76.1 Å². The lowest BCUT2D eigenvalue weighted by molar-refractivity contribution is -0.387. The number of carbonyl (C=O) groups is 3. The molecule has 0 spiro atoms. The molecule has 0 saturated carbocycles. The molecule has 9 nitrogen and oxygen atoms in total. The number of ether oxygens (including phenoxy) is 1. The minimum Gasteiger partial charge on any atom is -0.452 e. The number of halogens is 1. The lowest BCUT2D eigenvalue weighted by Gasteiger charge is -2.18. The Bertz CT molecular complexity index is 1070. The minimum absolute atomic E-state index is 0.0160. The SMILES string of the molecule is C=C1c2ccccc2C(=O)N1CCC(=O)OC(C)C(=O)Nc1ccc(F)c([N+](=O)[O-])c1. The van der Waals surface area contributed by atoms with E-state index >= 15 is 0 Å². The molecule has 0 bridgehead atoms. The summed E-state index contributed by atoms with van der Waals surface area (Å²) in [6.07, 6.45) is -1.38. The summed E-state index contributed by atoms with van der Waals surface area (Å²) in [4.78, 5) is 48.0. The molecule has 1 N–H and O–H groups in total. The highest BCUT2D eigenvalue weighted by molar-refractivity contribution is 6.08. The van der Waals surface area contributed by atoms with Crippen LogP contribution in [0.15, 0.2) is 49.0 Å². The number of benzene rings is 2. The number of anilines is 1. The maximum atomic E-state index is 13.4. The Labute approximate surface area is 176 Å². The van der Waals surface area contributed by atoms with E-state index in [9.17, 15) is 28.9 Å². The highest BCUT2D eigenvalue weighted by Crippen LogP contribution is 2.31. The van der Waals surface area contributed by atoms with E-state index in [1.165, 1.54) is 11.8 Å². The van der Waals surface area contributed by atoms with E-state index < -0.39 is 34.4 Å². The number of carbonyl (C=O) groups excluding carboxylic acids is 3. The molecule has 160 valence electrons. The van der Waals surface area contributed by atoms with Gasteiger partial charge in [-0.15, -0.1) is 0 Å². The molecule has 0 saturated heterocycles. The molecule has 1 unspecified atom stereocenters. The van der Waals surface area contributed by atoms with Crippen LogP contribution in [0.3, 0.4) is 0 Å². The summed E-state index contributed by atoms with van der Waals surface area (Å²) in [5.74, 6) is -2.77. The van der Waals surface area contributed by atoms with Crippen LogP contribution in [0.4, 0.5) is 15.8 Å². The van der Waals surface area contributed by atoms with Crippen LogP contribution < -0.4 is 5.32 Å². The van der Waals surface area contributed by atoms with Crippen molar-refractivity contribution >= 4 is 34.9 Å². The van der Waals surface area contributed by atoms with Gasteiger partial charge in [0.25, 0.3) is 11.8 Å². The van der Waals surface area contributed by atoms with Gasteiger partial charge in [0.05, 0.1) is 11.3 Å². The molecule has 0 aliphatic carbocycles. The van der Waals surface area contributed by atoms with Crippen LogP contribution in [-0.2, 0) is 14.3 Å². The van der Waals surface area contributed by atoms with Crippen LogP contribution in [0.25, 0.3) is 5.70 Å². The van der Waals surface area contributed by atoms with Gasteiger partial charge in [0.2, 0.25) is 5.82 Å². The first kappa shape index (κ1) is 21.6. The molecule has 1 atom stereocenters. The minimum atomic E-state index is -1.22. The maximum absolute atomic E-state index is 13.4. The van der Waals surface area contributed by atoms with Gasteiger partial charge in [0.15, 0.2) is 6.10 Å². The monoisotopic (exact) mass is 427 g/mol. The fraction of sp³-hybridized carbons (Fsp3) is 0.190. The second-order valence-corrected chi connectivity index (χ2v) is 6.74. The van der Waals surface area contributed by atoms with Crippen LogP contribution in [0.2, 0.25) is 0 Å². The van der Waals surface area contributed by atoms with Crippen molar-refractivity contribution in [3.8, 4) is 0 Å². The van der Waals surface area contributed by atoms with Crippen molar-refractivity contribution in [1.82, 2.24) is 4.90 Å². The molecule has 2 aromatic carbocycles. The quantitative estimate of drug-likeness (QED) is 0.412. The van der Waals surface area contributed by atoms with E-state index in [0.717, 1.165) is 18.2 Å². The van der Waals surface area contributed by atoms with E-state index in [-0.39, 0.29) is 24.6 Å².